The van der Waals surface area contributed by atoms with Crippen LogP contribution in [0.15, 0.2) is 28.8 Å². The van der Waals surface area contributed by atoms with Gasteiger partial charge in [0.05, 0.1) is 11.3 Å². The number of pyridine rings is 1. The lowest BCUT2D eigenvalue weighted by atomic mass is 10.0. The molecule has 0 saturated heterocycles. The Bertz CT molecular complexity index is 1170. The molecule has 0 atom stereocenters. The highest BCUT2D eigenvalue weighted by molar-refractivity contribution is 5.86. The normalized spacial score (nSPS) is 11.0. The Labute approximate surface area is 150 Å². The van der Waals surface area contributed by atoms with Crippen LogP contribution in [0.3, 0.4) is 0 Å². The van der Waals surface area contributed by atoms with Crippen LogP contribution in [0, 0.1) is 39.0 Å². The zero-order valence-corrected chi connectivity index (χ0v) is 14.9. The molecular weight excluding hydrogens is 328 g/mol. The van der Waals surface area contributed by atoms with E-state index in [1.807, 2.05) is 26.0 Å². The monoisotopic (exact) mass is 344 g/mol. The molecule has 0 saturated carbocycles. The molecule has 3 aromatic heterocycles. The van der Waals surface area contributed by atoms with Crippen LogP contribution in [0.1, 0.15) is 28.4 Å². The molecule has 0 radical (unpaired) electrons. The predicted molar refractivity (Wildman–Crippen MR) is 95.8 cm³/mol. The molecule has 0 bridgehead atoms. The number of fused-ring (bicyclic) bond motifs is 1. The smallest absolute Gasteiger partial charge is 0.253 e. The van der Waals surface area contributed by atoms with E-state index in [4.69, 9.17) is 4.42 Å². The molecule has 0 aliphatic carbocycles. The Balaban J connectivity index is 2.05. The van der Waals surface area contributed by atoms with E-state index in [0.29, 0.717) is 22.9 Å². The first-order valence-electron chi connectivity index (χ1n) is 8.16. The zero-order chi connectivity index (χ0) is 18.4. The molecule has 7 nitrogen and oxygen atoms in total. The molecule has 0 unspecified atom stereocenters. The van der Waals surface area contributed by atoms with Crippen LogP contribution in [0.25, 0.3) is 28.3 Å². The van der Waals surface area contributed by atoms with Crippen LogP contribution in [0.5, 0.6) is 0 Å². The van der Waals surface area contributed by atoms with Gasteiger partial charge in [-0.2, -0.15) is 10.2 Å². The average molecular weight is 344 g/mol. The van der Waals surface area contributed by atoms with Crippen LogP contribution in [-0.2, 0) is 0 Å². The molecule has 0 aliphatic heterocycles. The number of rotatable bonds is 2. The molecule has 7 heteroatoms. The number of nitrogens with zero attached hydrogens (tertiary/aromatic N) is 6. The number of benzene rings is 1. The summed E-state index contributed by atoms with van der Waals surface area (Å²) in [5, 5.41) is 13.7. The standard InChI is InChI=1S/C19H16N6O/c1-10-7-11(2)17(12(3)8-10)25-18(23-15(9-20)24-25)14-5-6-21-19-16(14)22-13(4)26-19/h5-8H,1-4H3. The molecule has 3 heterocycles. The van der Waals surface area contributed by atoms with Gasteiger partial charge in [0, 0.05) is 13.1 Å². The second kappa shape index (κ2) is 5.77. The average Bonchev–Trinajstić information content (AvgIpc) is 3.16. The van der Waals surface area contributed by atoms with E-state index in [1.54, 1.807) is 17.8 Å². The van der Waals surface area contributed by atoms with Crippen molar-refractivity contribution < 1.29 is 4.42 Å². The molecule has 0 spiro atoms. The topological polar surface area (TPSA) is 93.4 Å². The second-order valence-corrected chi connectivity index (χ2v) is 6.28. The van der Waals surface area contributed by atoms with Crippen molar-refractivity contribution in [3.05, 3.63) is 52.8 Å². The van der Waals surface area contributed by atoms with Crippen molar-refractivity contribution in [2.24, 2.45) is 0 Å². The van der Waals surface area contributed by atoms with Gasteiger partial charge >= 0.3 is 0 Å². The van der Waals surface area contributed by atoms with Gasteiger partial charge in [0.1, 0.15) is 11.6 Å². The van der Waals surface area contributed by atoms with Crippen molar-refractivity contribution in [3.8, 4) is 23.1 Å². The molecular formula is C19H16N6O. The van der Waals surface area contributed by atoms with E-state index in [2.05, 4.69) is 39.1 Å². The molecule has 0 fully saturated rings. The van der Waals surface area contributed by atoms with Gasteiger partial charge in [-0.15, -0.1) is 5.10 Å². The van der Waals surface area contributed by atoms with E-state index in [0.717, 1.165) is 22.4 Å². The maximum absolute atomic E-state index is 9.33. The van der Waals surface area contributed by atoms with Gasteiger partial charge in [0.25, 0.3) is 5.82 Å². The summed E-state index contributed by atoms with van der Waals surface area (Å²) in [5.74, 6) is 1.16. The summed E-state index contributed by atoms with van der Waals surface area (Å²) in [5.41, 5.74) is 5.95. The third-order valence-corrected chi connectivity index (χ3v) is 4.20. The van der Waals surface area contributed by atoms with E-state index >= 15 is 0 Å². The first-order valence-corrected chi connectivity index (χ1v) is 8.16. The molecule has 0 aliphatic rings. The van der Waals surface area contributed by atoms with Crippen molar-refractivity contribution in [1.29, 1.82) is 5.26 Å². The summed E-state index contributed by atoms with van der Waals surface area (Å²) >= 11 is 0. The maximum atomic E-state index is 9.33. The minimum Gasteiger partial charge on any atom is -0.423 e. The summed E-state index contributed by atoms with van der Waals surface area (Å²) < 4.78 is 7.24. The van der Waals surface area contributed by atoms with E-state index in [-0.39, 0.29) is 5.82 Å². The number of hydrogen-bond donors (Lipinski definition) is 0. The predicted octanol–water partition coefficient (Wildman–Crippen LogP) is 3.58. The zero-order valence-electron chi connectivity index (χ0n) is 14.9. The third-order valence-electron chi connectivity index (χ3n) is 4.20. The van der Waals surface area contributed by atoms with Crippen molar-refractivity contribution >= 4 is 11.2 Å². The minimum atomic E-state index is 0.101. The summed E-state index contributed by atoms with van der Waals surface area (Å²) in [6.07, 6.45) is 1.64. The second-order valence-electron chi connectivity index (χ2n) is 6.28. The van der Waals surface area contributed by atoms with Gasteiger partial charge in [-0.05, 0) is 38.0 Å². The fourth-order valence-electron chi connectivity index (χ4n) is 3.31. The Morgan fingerprint density at radius 1 is 1.08 bits per heavy atom. The van der Waals surface area contributed by atoms with E-state index in [1.165, 1.54) is 5.56 Å². The molecule has 0 N–H and O–H groups in total. The molecule has 4 rings (SSSR count). The van der Waals surface area contributed by atoms with Crippen molar-refractivity contribution in [1.82, 2.24) is 24.7 Å². The van der Waals surface area contributed by atoms with Crippen molar-refractivity contribution in [2.45, 2.75) is 27.7 Å². The third kappa shape index (κ3) is 2.43. The molecule has 1 aromatic carbocycles. The molecule has 0 amide bonds. The summed E-state index contributed by atoms with van der Waals surface area (Å²) in [6, 6.07) is 8.01. The minimum absolute atomic E-state index is 0.101. The van der Waals surface area contributed by atoms with Gasteiger partial charge in [-0.3, -0.25) is 0 Å². The first kappa shape index (κ1) is 16.0. The first-order chi connectivity index (χ1) is 12.5. The number of aromatic nitrogens is 5. The van der Waals surface area contributed by atoms with Gasteiger partial charge in [0.2, 0.25) is 5.71 Å². The highest BCUT2D eigenvalue weighted by Gasteiger charge is 2.20. The highest BCUT2D eigenvalue weighted by Crippen LogP contribution is 2.30. The van der Waals surface area contributed by atoms with Crippen LogP contribution >= 0.6 is 0 Å². The highest BCUT2D eigenvalue weighted by atomic mass is 16.4. The van der Waals surface area contributed by atoms with Crippen LogP contribution in [0.2, 0.25) is 0 Å². The lowest BCUT2D eigenvalue weighted by Crippen LogP contribution is -2.05. The van der Waals surface area contributed by atoms with E-state index in [9.17, 15) is 5.26 Å². The lowest BCUT2D eigenvalue weighted by molar-refractivity contribution is 0.551. The molecule has 128 valence electrons. The number of oxazole rings is 1. The van der Waals surface area contributed by atoms with Crippen LogP contribution in [0.4, 0.5) is 0 Å². The molecule has 26 heavy (non-hydrogen) atoms. The van der Waals surface area contributed by atoms with Gasteiger partial charge in [-0.25, -0.2) is 14.6 Å². The Kier molecular flexibility index (Phi) is 3.55. The lowest BCUT2D eigenvalue weighted by Gasteiger charge is -2.13. The largest absolute Gasteiger partial charge is 0.423 e. The summed E-state index contributed by atoms with van der Waals surface area (Å²) in [4.78, 5) is 13.1. The Morgan fingerprint density at radius 2 is 1.81 bits per heavy atom. The SMILES string of the molecule is Cc1cc(C)c(-n2nc(C#N)nc2-c2ccnc3oc(C)nc23)c(C)c1. The fourth-order valence-corrected chi connectivity index (χ4v) is 3.31. The number of aryl methyl sites for hydroxylation is 4. The summed E-state index contributed by atoms with van der Waals surface area (Å²) in [6.45, 7) is 7.87. The number of nitriles is 1. The van der Waals surface area contributed by atoms with Crippen molar-refractivity contribution in [3.63, 3.8) is 0 Å². The Morgan fingerprint density at radius 3 is 2.50 bits per heavy atom. The van der Waals surface area contributed by atoms with Crippen LogP contribution in [-0.4, -0.2) is 24.7 Å². The fraction of sp³-hybridized carbons (Fsp3) is 0.211. The molecule has 4 aromatic rings. The van der Waals surface area contributed by atoms with Crippen molar-refractivity contribution in [2.75, 3.05) is 0 Å². The van der Waals surface area contributed by atoms with Gasteiger partial charge in [0.15, 0.2) is 11.7 Å². The quantitative estimate of drug-likeness (QED) is 0.552. The van der Waals surface area contributed by atoms with Gasteiger partial charge < -0.3 is 4.42 Å². The summed E-state index contributed by atoms with van der Waals surface area (Å²) in [7, 11) is 0. The maximum Gasteiger partial charge on any atom is 0.253 e. The Hall–Kier alpha value is -3.53. The van der Waals surface area contributed by atoms with Gasteiger partial charge in [-0.1, -0.05) is 17.7 Å². The van der Waals surface area contributed by atoms with E-state index < -0.39 is 0 Å². The van der Waals surface area contributed by atoms with Crippen LogP contribution < -0.4 is 0 Å². The number of hydrogen-bond acceptors (Lipinski definition) is 6.